The third kappa shape index (κ3) is 3.13. The molecule has 0 radical (unpaired) electrons. The summed E-state index contributed by atoms with van der Waals surface area (Å²) in [5.41, 5.74) is 2.85. The van der Waals surface area contributed by atoms with Crippen LogP contribution in [-0.4, -0.2) is 26.6 Å². The summed E-state index contributed by atoms with van der Waals surface area (Å²) >= 11 is 3.46. The van der Waals surface area contributed by atoms with Crippen molar-refractivity contribution in [3.63, 3.8) is 0 Å². The highest BCUT2D eigenvalue weighted by molar-refractivity contribution is 9.10. The van der Waals surface area contributed by atoms with E-state index in [4.69, 9.17) is 4.74 Å². The molecule has 3 aromatic rings. The van der Waals surface area contributed by atoms with Crippen molar-refractivity contribution in [1.82, 2.24) is 19.5 Å². The lowest BCUT2D eigenvalue weighted by atomic mass is 10.2. The largest absolute Gasteiger partial charge is 0.364 e. The van der Waals surface area contributed by atoms with E-state index < -0.39 is 0 Å². The number of anilines is 1. The van der Waals surface area contributed by atoms with Gasteiger partial charge in [0.05, 0.1) is 17.6 Å². The fraction of sp³-hybridized carbons (Fsp3) is 0.125. The number of hydrogen-bond acceptors (Lipinski definition) is 6. The Morgan fingerprint density at radius 1 is 1.38 bits per heavy atom. The molecule has 120 valence electrons. The molecule has 8 heteroatoms. The van der Waals surface area contributed by atoms with Crippen LogP contribution in [0, 0.1) is 11.3 Å². The number of fused-ring (bicyclic) bond motifs is 1. The number of nitrogens with zero attached hydrogens (tertiary/aromatic N) is 5. The van der Waals surface area contributed by atoms with E-state index in [-0.39, 0.29) is 0 Å². The van der Waals surface area contributed by atoms with Gasteiger partial charge in [-0.3, -0.25) is 4.57 Å². The van der Waals surface area contributed by atoms with Crippen LogP contribution in [0.1, 0.15) is 5.69 Å². The Morgan fingerprint density at radius 3 is 2.96 bits per heavy atom. The molecule has 24 heavy (non-hydrogen) atoms. The second kappa shape index (κ2) is 7.21. The number of nitrogens with one attached hydrogen (secondary N) is 1. The van der Waals surface area contributed by atoms with Crippen molar-refractivity contribution in [2.75, 3.05) is 12.4 Å². The molecule has 7 nitrogen and oxygen atoms in total. The van der Waals surface area contributed by atoms with Crippen LogP contribution in [-0.2, 0) is 11.5 Å². The minimum atomic E-state index is 0.327. The van der Waals surface area contributed by atoms with E-state index in [0.29, 0.717) is 29.2 Å². The summed E-state index contributed by atoms with van der Waals surface area (Å²) < 4.78 is 7.75. The fourth-order valence-corrected chi connectivity index (χ4v) is 2.59. The van der Waals surface area contributed by atoms with Gasteiger partial charge in [0.1, 0.15) is 30.3 Å². The average molecular weight is 385 g/mol. The standard InChI is InChI=1S/C16H13BrN6O/c1-24-10-23-9-22-15-14(20-8-21-16(15)23)11(6-18)7-19-13-5-3-2-4-12(13)17/h2-5,7-9,19H,10H2,1H3/b11-7+. The highest BCUT2D eigenvalue weighted by atomic mass is 79.9. The molecule has 0 aliphatic carbocycles. The SMILES string of the molecule is COCn1cnc2c(/C(C#N)=C/Nc3ccccc3Br)ncnc21. The Hall–Kier alpha value is -2.76. The third-order valence-electron chi connectivity index (χ3n) is 3.29. The summed E-state index contributed by atoms with van der Waals surface area (Å²) in [6, 6.07) is 9.79. The molecule has 0 atom stereocenters. The van der Waals surface area contributed by atoms with Crippen LogP contribution in [0.2, 0.25) is 0 Å². The molecule has 0 fully saturated rings. The molecular formula is C16H13BrN6O. The molecule has 0 bridgehead atoms. The monoisotopic (exact) mass is 384 g/mol. The number of methoxy groups -OCH3 is 1. The van der Waals surface area contributed by atoms with Crippen molar-refractivity contribution < 1.29 is 4.74 Å². The Morgan fingerprint density at radius 2 is 2.21 bits per heavy atom. The topological polar surface area (TPSA) is 88.7 Å². The summed E-state index contributed by atoms with van der Waals surface area (Å²) in [6.07, 6.45) is 4.63. The second-order valence-corrected chi connectivity index (χ2v) is 5.67. The zero-order chi connectivity index (χ0) is 16.9. The number of ether oxygens (including phenoxy) is 1. The summed E-state index contributed by atoms with van der Waals surface area (Å²) in [4.78, 5) is 12.7. The molecule has 0 saturated heterocycles. The Labute approximate surface area is 146 Å². The van der Waals surface area contributed by atoms with E-state index in [1.54, 1.807) is 24.2 Å². The van der Waals surface area contributed by atoms with Crippen LogP contribution < -0.4 is 5.32 Å². The summed E-state index contributed by atoms with van der Waals surface area (Å²) in [5.74, 6) is 0. The number of rotatable bonds is 5. The van der Waals surface area contributed by atoms with E-state index in [1.807, 2.05) is 24.3 Å². The van der Waals surface area contributed by atoms with Crippen molar-refractivity contribution in [3.05, 3.63) is 53.3 Å². The van der Waals surface area contributed by atoms with Crippen LogP contribution >= 0.6 is 15.9 Å². The van der Waals surface area contributed by atoms with Gasteiger partial charge in [-0.25, -0.2) is 15.0 Å². The van der Waals surface area contributed by atoms with Gasteiger partial charge in [0, 0.05) is 17.8 Å². The van der Waals surface area contributed by atoms with Crippen molar-refractivity contribution in [1.29, 1.82) is 5.26 Å². The van der Waals surface area contributed by atoms with Crippen molar-refractivity contribution in [2.45, 2.75) is 6.73 Å². The van der Waals surface area contributed by atoms with Gasteiger partial charge in [-0.2, -0.15) is 5.26 Å². The van der Waals surface area contributed by atoms with Crippen LogP contribution in [0.15, 0.2) is 47.6 Å². The average Bonchev–Trinajstić information content (AvgIpc) is 3.01. The number of nitriles is 1. The normalized spacial score (nSPS) is 11.5. The lowest BCUT2D eigenvalue weighted by molar-refractivity contribution is 0.134. The number of halogens is 1. The fourth-order valence-electron chi connectivity index (χ4n) is 2.19. The second-order valence-electron chi connectivity index (χ2n) is 4.82. The van der Waals surface area contributed by atoms with Crippen LogP contribution in [0.25, 0.3) is 16.7 Å². The first-order chi connectivity index (χ1) is 11.7. The first-order valence-electron chi connectivity index (χ1n) is 7.01. The lowest BCUT2D eigenvalue weighted by Gasteiger charge is -2.05. The summed E-state index contributed by atoms with van der Waals surface area (Å²) in [5, 5.41) is 12.6. The van der Waals surface area contributed by atoms with Gasteiger partial charge in [-0.05, 0) is 28.1 Å². The maximum absolute atomic E-state index is 9.51. The number of benzene rings is 1. The number of para-hydroxylation sites is 1. The molecule has 0 saturated carbocycles. The molecule has 3 rings (SSSR count). The van der Waals surface area contributed by atoms with Gasteiger partial charge in [0.15, 0.2) is 5.65 Å². The van der Waals surface area contributed by atoms with Gasteiger partial charge in [0.25, 0.3) is 0 Å². The van der Waals surface area contributed by atoms with Gasteiger partial charge < -0.3 is 10.1 Å². The molecule has 2 aromatic heterocycles. The van der Waals surface area contributed by atoms with Gasteiger partial charge in [0.2, 0.25) is 0 Å². The molecule has 0 aliphatic heterocycles. The predicted molar refractivity (Wildman–Crippen MR) is 93.7 cm³/mol. The number of imidazole rings is 1. The van der Waals surface area contributed by atoms with Crippen LogP contribution in [0.3, 0.4) is 0 Å². The zero-order valence-electron chi connectivity index (χ0n) is 12.8. The van der Waals surface area contributed by atoms with Crippen LogP contribution in [0.5, 0.6) is 0 Å². The Kier molecular flexibility index (Phi) is 4.84. The maximum Gasteiger partial charge on any atom is 0.165 e. The van der Waals surface area contributed by atoms with Gasteiger partial charge in [-0.15, -0.1) is 0 Å². The number of allylic oxidation sites excluding steroid dienone is 1. The summed E-state index contributed by atoms with van der Waals surface area (Å²) in [6.45, 7) is 0.327. The highest BCUT2D eigenvalue weighted by Crippen LogP contribution is 2.24. The molecular weight excluding hydrogens is 372 g/mol. The lowest BCUT2D eigenvalue weighted by Crippen LogP contribution is -2.00. The molecule has 0 unspecified atom stereocenters. The Bertz CT molecular complexity index is 943. The van der Waals surface area contributed by atoms with Crippen molar-refractivity contribution in [3.8, 4) is 6.07 Å². The van der Waals surface area contributed by atoms with Crippen LogP contribution in [0.4, 0.5) is 5.69 Å². The molecule has 2 heterocycles. The first-order valence-corrected chi connectivity index (χ1v) is 7.80. The minimum absolute atomic E-state index is 0.327. The molecule has 0 aliphatic rings. The maximum atomic E-state index is 9.51. The van der Waals surface area contributed by atoms with Crippen molar-refractivity contribution >= 4 is 38.4 Å². The quantitative estimate of drug-likeness (QED) is 0.679. The van der Waals surface area contributed by atoms with E-state index in [2.05, 4.69) is 42.3 Å². The van der Waals surface area contributed by atoms with Crippen molar-refractivity contribution in [2.24, 2.45) is 0 Å². The zero-order valence-corrected chi connectivity index (χ0v) is 14.4. The number of aromatic nitrogens is 4. The smallest absolute Gasteiger partial charge is 0.165 e. The van der Waals surface area contributed by atoms with Gasteiger partial charge in [-0.1, -0.05) is 12.1 Å². The third-order valence-corrected chi connectivity index (χ3v) is 3.98. The first kappa shape index (κ1) is 16.1. The number of hydrogen-bond donors (Lipinski definition) is 1. The molecule has 0 spiro atoms. The summed E-state index contributed by atoms with van der Waals surface area (Å²) in [7, 11) is 1.59. The van der Waals surface area contributed by atoms with E-state index in [9.17, 15) is 5.26 Å². The molecule has 1 N–H and O–H groups in total. The Balaban J connectivity index is 2.00. The van der Waals surface area contributed by atoms with E-state index in [0.717, 1.165) is 10.2 Å². The highest BCUT2D eigenvalue weighted by Gasteiger charge is 2.13. The van der Waals surface area contributed by atoms with Gasteiger partial charge >= 0.3 is 0 Å². The molecule has 0 amide bonds. The minimum Gasteiger partial charge on any atom is -0.364 e. The molecule has 1 aromatic carbocycles. The van der Waals surface area contributed by atoms with E-state index in [1.165, 1.54) is 6.33 Å². The van der Waals surface area contributed by atoms with E-state index >= 15 is 0 Å². The predicted octanol–water partition coefficient (Wildman–Crippen LogP) is 3.17.